The summed E-state index contributed by atoms with van der Waals surface area (Å²) in [5.74, 6) is -2.85. The quantitative estimate of drug-likeness (QED) is 0.245. The molecule has 1 fully saturated rings. The number of phenolic OH excluding ortho intramolecular Hbond substituents is 1. The van der Waals surface area contributed by atoms with Crippen molar-refractivity contribution in [1.29, 1.82) is 0 Å². The Balaban J connectivity index is 1.81. The first-order chi connectivity index (χ1) is 22.4. The zero-order valence-electron chi connectivity index (χ0n) is 26.8. The molecule has 13 heteroatoms. The van der Waals surface area contributed by atoms with E-state index >= 15 is 8.78 Å². The van der Waals surface area contributed by atoms with Gasteiger partial charge in [-0.05, 0) is 43.4 Å². The molecule has 2 aromatic heterocycles. The van der Waals surface area contributed by atoms with Crippen LogP contribution in [-0.4, -0.2) is 67.2 Å². The van der Waals surface area contributed by atoms with Gasteiger partial charge in [0.05, 0.1) is 44.8 Å². The van der Waals surface area contributed by atoms with Gasteiger partial charge in [0.1, 0.15) is 29.2 Å². The summed E-state index contributed by atoms with van der Waals surface area (Å²) in [6, 6.07) is 3.04. The van der Waals surface area contributed by atoms with Gasteiger partial charge in [-0.3, -0.25) is 9.36 Å². The number of carbonyl (C=O) groups excluding carboxylic acids is 1. The van der Waals surface area contributed by atoms with E-state index < -0.39 is 34.2 Å². The number of amides is 1. The van der Waals surface area contributed by atoms with Gasteiger partial charge in [-0.1, -0.05) is 51.9 Å². The minimum Gasteiger partial charge on any atom is -0.507 e. The Hall–Kier alpha value is -4.58. The predicted molar refractivity (Wildman–Crippen MR) is 179 cm³/mol. The molecule has 2 aromatic carbocycles. The van der Waals surface area contributed by atoms with Crippen molar-refractivity contribution in [2.75, 3.05) is 29.9 Å². The molecule has 1 saturated heterocycles. The van der Waals surface area contributed by atoms with Gasteiger partial charge in [0.2, 0.25) is 5.91 Å². The van der Waals surface area contributed by atoms with Crippen LogP contribution in [0, 0.1) is 11.6 Å². The van der Waals surface area contributed by atoms with Crippen LogP contribution in [0.1, 0.15) is 64.3 Å². The van der Waals surface area contributed by atoms with E-state index in [2.05, 4.69) is 26.8 Å². The molecule has 10 nitrogen and oxygen atoms in total. The third-order valence-corrected chi connectivity index (χ3v) is 9.30. The summed E-state index contributed by atoms with van der Waals surface area (Å²) in [5, 5.41) is 14.2. The van der Waals surface area contributed by atoms with Crippen molar-refractivity contribution in [2.24, 2.45) is 0 Å². The van der Waals surface area contributed by atoms with Crippen molar-refractivity contribution in [2.45, 2.75) is 65.0 Å². The monoisotopic (exact) mass is 663 g/mol. The number of nitrogens with zero attached hydrogens (tertiary/aromatic N) is 6. The molecule has 0 radical (unpaired) electrons. The molecule has 0 aliphatic carbocycles. The highest BCUT2D eigenvalue weighted by Gasteiger charge is 2.39. The smallest absolute Gasteiger partial charge is 0.354 e. The zero-order valence-corrected chi connectivity index (χ0v) is 27.6. The number of hydrogen-bond donors (Lipinski definition) is 2. The van der Waals surface area contributed by atoms with Crippen LogP contribution in [0.4, 0.5) is 20.3 Å². The number of fused-ring (bicyclic) bond motifs is 2. The molecule has 2 aliphatic heterocycles. The SMILES string of the molecule is C=CC(=O)N1CC(C)N2c3nc(=O)n(-c4c(C(C)C)ncnc4C(C)C)c4c(F)c(-c5c(O)cccc5F)c(Cl)c(c34)NCCC2C1. The molecule has 1 amide bonds. The number of nitrogens with one attached hydrogen (secondary N) is 1. The molecule has 4 aromatic rings. The van der Waals surface area contributed by atoms with E-state index in [0.29, 0.717) is 37.4 Å². The van der Waals surface area contributed by atoms with E-state index in [-0.39, 0.29) is 62.9 Å². The number of anilines is 2. The van der Waals surface area contributed by atoms with Gasteiger partial charge in [-0.15, -0.1) is 0 Å². The Morgan fingerprint density at radius 1 is 1.13 bits per heavy atom. The van der Waals surface area contributed by atoms with Crippen LogP contribution in [-0.2, 0) is 4.79 Å². The van der Waals surface area contributed by atoms with Crippen LogP contribution in [0.5, 0.6) is 5.75 Å². The van der Waals surface area contributed by atoms with E-state index in [1.165, 1.54) is 29.1 Å². The molecular weight excluding hydrogens is 628 g/mol. The molecule has 4 heterocycles. The van der Waals surface area contributed by atoms with E-state index in [9.17, 15) is 14.7 Å². The second-order valence-electron chi connectivity index (χ2n) is 12.7. The minimum absolute atomic E-state index is 0.173. The van der Waals surface area contributed by atoms with E-state index in [1.807, 2.05) is 39.5 Å². The van der Waals surface area contributed by atoms with Gasteiger partial charge in [-0.25, -0.2) is 23.5 Å². The second kappa shape index (κ2) is 12.2. The minimum atomic E-state index is -1.02. The lowest BCUT2D eigenvalue weighted by Crippen LogP contribution is -2.60. The van der Waals surface area contributed by atoms with Crippen LogP contribution >= 0.6 is 11.6 Å². The van der Waals surface area contributed by atoms with Crippen LogP contribution in [0.3, 0.4) is 0 Å². The van der Waals surface area contributed by atoms with E-state index in [4.69, 9.17) is 11.6 Å². The molecule has 47 heavy (non-hydrogen) atoms. The van der Waals surface area contributed by atoms with Crippen molar-refractivity contribution in [1.82, 2.24) is 24.4 Å². The Kier molecular flexibility index (Phi) is 8.41. The maximum absolute atomic E-state index is 17.6. The van der Waals surface area contributed by atoms with E-state index in [0.717, 1.165) is 6.07 Å². The van der Waals surface area contributed by atoms with Gasteiger partial charge in [0.25, 0.3) is 0 Å². The Labute approximate surface area is 275 Å². The number of benzene rings is 2. The van der Waals surface area contributed by atoms with Gasteiger partial charge in [0.15, 0.2) is 5.82 Å². The Morgan fingerprint density at radius 2 is 1.81 bits per heavy atom. The van der Waals surface area contributed by atoms with Crippen molar-refractivity contribution in [3.63, 3.8) is 0 Å². The van der Waals surface area contributed by atoms with Crippen LogP contribution in [0.2, 0.25) is 5.02 Å². The molecule has 0 saturated carbocycles. The molecule has 2 atom stereocenters. The third kappa shape index (κ3) is 5.18. The molecule has 2 unspecified atom stereocenters. The molecular formula is C34H36ClF2N7O3. The lowest BCUT2D eigenvalue weighted by Gasteiger charge is -2.47. The van der Waals surface area contributed by atoms with Crippen LogP contribution in [0.15, 0.2) is 42.0 Å². The number of carbonyl (C=O) groups is 1. The molecule has 2 aliphatic rings. The Bertz CT molecular complexity index is 1950. The van der Waals surface area contributed by atoms with Gasteiger partial charge < -0.3 is 20.2 Å². The highest BCUT2D eigenvalue weighted by molar-refractivity contribution is 6.38. The normalized spacial score (nSPS) is 17.8. The summed E-state index contributed by atoms with van der Waals surface area (Å²) in [6.07, 6.45) is 3.19. The maximum atomic E-state index is 17.6. The third-order valence-electron chi connectivity index (χ3n) is 8.93. The lowest BCUT2D eigenvalue weighted by molar-refractivity contribution is -0.127. The topological polar surface area (TPSA) is 116 Å². The number of halogens is 3. The fraction of sp³-hybridized carbons (Fsp3) is 0.382. The highest BCUT2D eigenvalue weighted by atomic mass is 35.5. The van der Waals surface area contributed by atoms with Crippen LogP contribution in [0.25, 0.3) is 27.7 Å². The summed E-state index contributed by atoms with van der Waals surface area (Å²) in [5.41, 5.74) is -0.324. The predicted octanol–water partition coefficient (Wildman–Crippen LogP) is 6.13. The average molecular weight is 664 g/mol. The molecule has 0 bridgehead atoms. The highest BCUT2D eigenvalue weighted by Crippen LogP contribution is 2.49. The standard InChI is InChI=1S/C34H36ClF2N7O3/c1-7-22(46)42-13-18(6)43-19(14-42)11-12-38-30-25-31(27(37)24(26(30)35)23-20(36)9-8-10-21(23)45)44(34(47)41-33(25)43)32-28(16(2)3)39-15-40-29(32)17(4)5/h7-10,15-19,38,45H,1,11-14H2,2-6H3. The number of phenols is 1. The fourth-order valence-corrected chi connectivity index (χ4v) is 7.23. The van der Waals surface area contributed by atoms with Gasteiger partial charge in [-0.2, -0.15) is 4.98 Å². The lowest BCUT2D eigenvalue weighted by atomic mass is 9.95. The molecule has 2 N–H and O–H groups in total. The van der Waals surface area contributed by atoms with Gasteiger partial charge in [0, 0.05) is 31.2 Å². The van der Waals surface area contributed by atoms with Crippen molar-refractivity contribution in [3.05, 3.63) is 75.7 Å². The number of piperazine rings is 1. The first kappa shape index (κ1) is 32.4. The first-order valence-electron chi connectivity index (χ1n) is 15.6. The summed E-state index contributed by atoms with van der Waals surface area (Å²) < 4.78 is 34.2. The Morgan fingerprint density at radius 3 is 2.43 bits per heavy atom. The largest absolute Gasteiger partial charge is 0.507 e. The summed E-state index contributed by atoms with van der Waals surface area (Å²) in [6.45, 7) is 14.1. The summed E-state index contributed by atoms with van der Waals surface area (Å²) in [4.78, 5) is 44.4. The van der Waals surface area contributed by atoms with Crippen LogP contribution < -0.4 is 15.9 Å². The summed E-state index contributed by atoms with van der Waals surface area (Å²) >= 11 is 7.00. The number of rotatable bonds is 5. The maximum Gasteiger partial charge on any atom is 0.354 e. The number of hydrogen-bond acceptors (Lipinski definition) is 8. The van der Waals surface area contributed by atoms with Gasteiger partial charge >= 0.3 is 5.69 Å². The second-order valence-corrected chi connectivity index (χ2v) is 13.0. The number of aromatic hydroxyl groups is 1. The van der Waals surface area contributed by atoms with Crippen molar-refractivity contribution >= 4 is 39.9 Å². The number of aromatic nitrogens is 4. The first-order valence-corrected chi connectivity index (χ1v) is 16.0. The zero-order chi connectivity index (χ0) is 33.9. The molecule has 6 rings (SSSR count). The van der Waals surface area contributed by atoms with Crippen molar-refractivity contribution in [3.8, 4) is 22.6 Å². The fourth-order valence-electron chi connectivity index (χ4n) is 6.89. The molecule has 0 spiro atoms. The molecule has 246 valence electrons. The average Bonchev–Trinajstić information content (AvgIpc) is 3.01. The van der Waals surface area contributed by atoms with E-state index in [1.54, 1.807) is 4.90 Å². The summed E-state index contributed by atoms with van der Waals surface area (Å²) in [7, 11) is 0. The van der Waals surface area contributed by atoms with Crippen molar-refractivity contribution < 1.29 is 18.7 Å².